The zero-order valence-corrected chi connectivity index (χ0v) is 22.0. The fraction of sp³-hybridized carbons (Fsp3) is 0.286. The van der Waals surface area contributed by atoms with Crippen LogP contribution in [0.1, 0.15) is 37.6 Å². The molecule has 0 spiro atoms. The molecule has 3 heterocycles. The first-order valence-electron chi connectivity index (χ1n) is 12.5. The summed E-state index contributed by atoms with van der Waals surface area (Å²) in [5.74, 6) is 0.842. The number of ether oxygens (including phenoxy) is 2. The summed E-state index contributed by atoms with van der Waals surface area (Å²) in [4.78, 5) is 35.5. The van der Waals surface area contributed by atoms with Crippen LogP contribution in [-0.4, -0.2) is 43.7 Å². The number of fused-ring (bicyclic) bond motifs is 2. The van der Waals surface area contributed by atoms with Crippen LogP contribution in [0.4, 0.5) is 28.4 Å². The molecule has 1 N–H and O–H groups in total. The number of hydrogen-bond donors (Lipinski definition) is 1. The molecule has 0 fully saturated rings. The topological polar surface area (TPSA) is 98.6 Å². The second-order valence-electron chi connectivity index (χ2n) is 10.3. The minimum Gasteiger partial charge on any atom is -0.444 e. The molecule has 0 saturated carbocycles. The molecule has 0 saturated heterocycles. The Morgan fingerprint density at radius 2 is 1.82 bits per heavy atom. The van der Waals surface area contributed by atoms with Crippen LogP contribution in [0.15, 0.2) is 61.1 Å². The third-order valence-corrected chi connectivity index (χ3v) is 6.16. The number of hydrogen-bond acceptors (Lipinski definition) is 6. The van der Waals surface area contributed by atoms with Crippen LogP contribution in [0, 0.1) is 0 Å². The van der Waals surface area contributed by atoms with Crippen LogP contribution in [-0.2, 0) is 23.9 Å². The van der Waals surface area contributed by atoms with Gasteiger partial charge in [0.05, 0.1) is 23.3 Å². The highest BCUT2D eigenvalue weighted by molar-refractivity contribution is 5.98. The summed E-state index contributed by atoms with van der Waals surface area (Å²) in [5.41, 5.74) is 0.568. The van der Waals surface area contributed by atoms with Crippen molar-refractivity contribution in [3.63, 3.8) is 0 Å². The van der Waals surface area contributed by atoms with Gasteiger partial charge in [-0.15, -0.1) is 0 Å². The Kier molecular flexibility index (Phi) is 6.86. The van der Waals surface area contributed by atoms with Gasteiger partial charge in [-0.25, -0.2) is 19.6 Å². The summed E-state index contributed by atoms with van der Waals surface area (Å²) in [7, 11) is 0. The number of nitrogens with zero attached hydrogens (tertiary/aromatic N) is 4. The van der Waals surface area contributed by atoms with Crippen LogP contribution in [0.25, 0.3) is 10.9 Å². The van der Waals surface area contributed by atoms with Crippen molar-refractivity contribution in [3.05, 3.63) is 77.9 Å². The maximum Gasteiger partial charge on any atom is 0.416 e. The molecular weight excluding hydrogens is 527 g/mol. The smallest absolute Gasteiger partial charge is 0.416 e. The van der Waals surface area contributed by atoms with Crippen LogP contribution < -0.4 is 10.1 Å². The maximum absolute atomic E-state index is 13.0. The summed E-state index contributed by atoms with van der Waals surface area (Å²) >= 11 is 0. The zero-order chi connectivity index (χ0) is 28.7. The van der Waals surface area contributed by atoms with E-state index in [0.717, 1.165) is 17.7 Å². The van der Waals surface area contributed by atoms with E-state index < -0.39 is 29.5 Å². The van der Waals surface area contributed by atoms with Crippen molar-refractivity contribution in [2.75, 3.05) is 11.9 Å². The van der Waals surface area contributed by atoms with Crippen molar-refractivity contribution in [1.29, 1.82) is 0 Å². The fourth-order valence-electron chi connectivity index (χ4n) is 4.32. The highest BCUT2D eigenvalue weighted by Gasteiger charge is 2.31. The summed E-state index contributed by atoms with van der Waals surface area (Å²) in [6.07, 6.45) is -1.54. The number of benzene rings is 2. The van der Waals surface area contributed by atoms with E-state index in [1.165, 1.54) is 29.2 Å². The SMILES string of the molecule is CC(C)(C)OC(=O)N1CCc2c(ncnc2Oc2ccc3c(ccn3C(=O)Nc3cccc(C(F)(F)F)c3)c2)C1. The summed E-state index contributed by atoms with van der Waals surface area (Å²) in [6, 6.07) is 10.6. The number of anilines is 1. The number of aromatic nitrogens is 3. The Morgan fingerprint density at radius 1 is 1.02 bits per heavy atom. The number of nitrogens with one attached hydrogen (secondary N) is 1. The van der Waals surface area contributed by atoms with Crippen molar-refractivity contribution in [3.8, 4) is 11.6 Å². The molecule has 0 atom stereocenters. The molecule has 208 valence electrons. The van der Waals surface area contributed by atoms with Crippen molar-refractivity contribution in [1.82, 2.24) is 19.4 Å². The standard InChI is InChI=1S/C28H26F3N5O4/c1-27(2,3)40-26(38)35-11-10-21-22(15-35)32-16-33-24(21)39-20-7-8-23-17(13-20)9-12-36(23)25(37)34-19-6-4-5-18(14-19)28(29,30)31/h4-9,12-14,16H,10-11,15H2,1-3H3,(H,34,37). The van der Waals surface area contributed by atoms with E-state index in [2.05, 4.69) is 15.3 Å². The highest BCUT2D eigenvalue weighted by atomic mass is 19.4. The second-order valence-corrected chi connectivity index (χ2v) is 10.3. The normalized spacial score (nSPS) is 13.6. The summed E-state index contributed by atoms with van der Waals surface area (Å²) in [5, 5.41) is 3.18. The monoisotopic (exact) mass is 553 g/mol. The van der Waals surface area contributed by atoms with E-state index in [-0.39, 0.29) is 12.2 Å². The van der Waals surface area contributed by atoms with Gasteiger partial charge in [-0.3, -0.25) is 4.57 Å². The predicted octanol–water partition coefficient (Wildman–Crippen LogP) is 6.62. The molecule has 1 aliphatic heterocycles. The molecular formula is C28H26F3N5O4. The number of amides is 2. The third kappa shape index (κ3) is 5.85. The molecule has 2 aromatic carbocycles. The van der Waals surface area contributed by atoms with Crippen molar-refractivity contribution in [2.24, 2.45) is 0 Å². The molecule has 4 aromatic rings. The Balaban J connectivity index is 1.31. The fourth-order valence-corrected chi connectivity index (χ4v) is 4.32. The Hall–Kier alpha value is -4.61. The minimum absolute atomic E-state index is 0.0281. The van der Waals surface area contributed by atoms with Crippen molar-refractivity contribution < 1.29 is 32.2 Å². The van der Waals surface area contributed by atoms with Crippen LogP contribution in [0.5, 0.6) is 11.6 Å². The van der Waals surface area contributed by atoms with E-state index in [1.807, 2.05) is 20.8 Å². The Labute approximate surface area is 227 Å². The van der Waals surface area contributed by atoms with E-state index >= 15 is 0 Å². The maximum atomic E-state index is 13.0. The van der Waals surface area contributed by atoms with Gasteiger partial charge in [0.15, 0.2) is 0 Å². The lowest BCUT2D eigenvalue weighted by atomic mass is 10.1. The molecule has 2 aromatic heterocycles. The number of halogens is 3. The molecule has 0 unspecified atom stereocenters. The van der Waals surface area contributed by atoms with E-state index in [4.69, 9.17) is 9.47 Å². The molecule has 0 bridgehead atoms. The van der Waals surface area contributed by atoms with Gasteiger partial charge in [0, 0.05) is 29.4 Å². The zero-order valence-electron chi connectivity index (χ0n) is 22.0. The lowest BCUT2D eigenvalue weighted by Gasteiger charge is -2.30. The lowest BCUT2D eigenvalue weighted by molar-refractivity contribution is -0.137. The number of alkyl halides is 3. The molecule has 0 aliphatic carbocycles. The second kappa shape index (κ2) is 10.2. The number of rotatable bonds is 3. The quantitative estimate of drug-likeness (QED) is 0.306. The van der Waals surface area contributed by atoms with Gasteiger partial charge in [-0.2, -0.15) is 13.2 Å². The molecule has 2 amide bonds. The third-order valence-electron chi connectivity index (χ3n) is 6.16. The van der Waals surface area contributed by atoms with Gasteiger partial charge in [0.1, 0.15) is 17.7 Å². The lowest BCUT2D eigenvalue weighted by Crippen LogP contribution is -2.40. The van der Waals surface area contributed by atoms with E-state index in [9.17, 15) is 22.8 Å². The minimum atomic E-state index is -4.52. The van der Waals surface area contributed by atoms with E-state index in [1.54, 1.807) is 29.2 Å². The van der Waals surface area contributed by atoms with Crippen molar-refractivity contribution in [2.45, 2.75) is 45.5 Å². The summed E-state index contributed by atoms with van der Waals surface area (Å²) < 4.78 is 51.9. The van der Waals surface area contributed by atoms with Crippen LogP contribution in [0.2, 0.25) is 0 Å². The van der Waals surface area contributed by atoms with Gasteiger partial charge in [-0.1, -0.05) is 6.07 Å². The van der Waals surface area contributed by atoms with Crippen LogP contribution in [0.3, 0.4) is 0 Å². The molecule has 12 heteroatoms. The van der Waals surface area contributed by atoms with Gasteiger partial charge in [0.25, 0.3) is 0 Å². The average Bonchev–Trinajstić information content (AvgIpc) is 3.31. The highest BCUT2D eigenvalue weighted by Crippen LogP contribution is 2.32. The van der Waals surface area contributed by atoms with Gasteiger partial charge in [0.2, 0.25) is 5.88 Å². The van der Waals surface area contributed by atoms with Gasteiger partial charge < -0.3 is 19.7 Å². The van der Waals surface area contributed by atoms with Gasteiger partial charge >= 0.3 is 18.3 Å². The molecule has 1 aliphatic rings. The number of carbonyl (C=O) groups excluding carboxylic acids is 2. The molecule has 40 heavy (non-hydrogen) atoms. The molecule has 5 rings (SSSR count). The molecule has 9 nitrogen and oxygen atoms in total. The Bertz CT molecular complexity index is 1590. The first-order valence-corrected chi connectivity index (χ1v) is 12.5. The van der Waals surface area contributed by atoms with E-state index in [0.29, 0.717) is 41.2 Å². The van der Waals surface area contributed by atoms with Gasteiger partial charge in [-0.05, 0) is 69.7 Å². The predicted molar refractivity (Wildman–Crippen MR) is 140 cm³/mol. The summed E-state index contributed by atoms with van der Waals surface area (Å²) in [6.45, 7) is 6.13. The molecule has 0 radical (unpaired) electrons. The van der Waals surface area contributed by atoms with Crippen LogP contribution >= 0.6 is 0 Å². The first-order chi connectivity index (χ1) is 18.9. The number of carbonyl (C=O) groups is 2. The first kappa shape index (κ1) is 27.0. The van der Waals surface area contributed by atoms with Crippen molar-refractivity contribution >= 4 is 28.7 Å². The largest absolute Gasteiger partial charge is 0.444 e. The average molecular weight is 554 g/mol. The Morgan fingerprint density at radius 3 is 2.58 bits per heavy atom.